The molecule has 0 saturated carbocycles. The van der Waals surface area contributed by atoms with Gasteiger partial charge < -0.3 is 20.3 Å². The maximum Gasteiger partial charge on any atom is 0.305 e. The molecule has 1 amide bonds. The van der Waals surface area contributed by atoms with Gasteiger partial charge in [-0.15, -0.1) is 0 Å². The maximum atomic E-state index is 12.4. The quantitative estimate of drug-likeness (QED) is 0.0321. The zero-order valence-corrected chi connectivity index (χ0v) is 41.4. The number of ether oxygens (including phenoxy) is 1. The lowest BCUT2D eigenvalue weighted by Gasteiger charge is -2.20. The summed E-state index contributed by atoms with van der Waals surface area (Å²) in [5.74, 6) is -0.142. The average Bonchev–Trinajstić information content (AvgIpc) is 3.27. The van der Waals surface area contributed by atoms with E-state index in [1.54, 1.807) is 6.08 Å². The fourth-order valence-corrected chi connectivity index (χ4v) is 8.15. The second-order valence-electron chi connectivity index (χ2n) is 18.5. The average molecular weight is 872 g/mol. The summed E-state index contributed by atoms with van der Waals surface area (Å²) in [5.41, 5.74) is 0. The molecule has 0 spiro atoms. The third-order valence-electron chi connectivity index (χ3n) is 12.4. The largest absolute Gasteiger partial charge is 0.466 e. The molecule has 2 atom stereocenters. The third kappa shape index (κ3) is 47.6. The van der Waals surface area contributed by atoms with Crippen LogP contribution in [0.25, 0.3) is 0 Å². The predicted octanol–water partition coefficient (Wildman–Crippen LogP) is 16.5. The number of aliphatic hydroxyl groups excluding tert-OH is 2. The van der Waals surface area contributed by atoms with Crippen LogP contribution in [0, 0.1) is 0 Å². The molecule has 0 fully saturated rings. The first-order valence-electron chi connectivity index (χ1n) is 27.3. The highest BCUT2D eigenvalue weighted by Gasteiger charge is 2.18. The topological polar surface area (TPSA) is 95.9 Å². The number of carbonyl (C=O) groups is 2. The van der Waals surface area contributed by atoms with Crippen molar-refractivity contribution in [2.75, 3.05) is 13.2 Å². The van der Waals surface area contributed by atoms with Gasteiger partial charge in [0.2, 0.25) is 5.91 Å². The number of carbonyl (C=O) groups excluding carboxylic acids is 2. The summed E-state index contributed by atoms with van der Waals surface area (Å²) in [7, 11) is 0. The van der Waals surface area contributed by atoms with Crippen molar-refractivity contribution in [3.05, 3.63) is 36.5 Å². The van der Waals surface area contributed by atoms with Crippen LogP contribution in [0.1, 0.15) is 284 Å². The number of unbranched alkanes of at least 4 members (excludes halogenated alkanes) is 35. The van der Waals surface area contributed by atoms with E-state index in [0.717, 1.165) is 77.0 Å². The standard InChI is InChI=1S/C56H105NO5/c1-3-5-7-9-11-13-15-17-19-21-22-23-25-27-29-34-38-42-46-50-56(61)62-51-47-43-39-35-31-30-33-37-41-45-49-55(60)57-53(52-58)54(59)48-44-40-36-32-28-26-24-20-18-16-14-12-10-8-6-4-2/h17,19,31,35,44,48,53-54,58-59H,3-16,18,20-30,32-34,36-43,45-47,49-52H2,1-2H3,(H,57,60)/b19-17-,35-31-,48-44+. The number of aliphatic hydroxyl groups is 2. The molecule has 364 valence electrons. The Morgan fingerprint density at radius 2 is 0.758 bits per heavy atom. The molecule has 62 heavy (non-hydrogen) atoms. The highest BCUT2D eigenvalue weighted by Crippen LogP contribution is 2.15. The number of esters is 1. The number of hydrogen-bond acceptors (Lipinski definition) is 5. The number of amides is 1. The zero-order valence-electron chi connectivity index (χ0n) is 41.4. The van der Waals surface area contributed by atoms with Crippen LogP contribution in [-0.4, -0.2) is 47.4 Å². The van der Waals surface area contributed by atoms with Gasteiger partial charge in [0.25, 0.3) is 0 Å². The lowest BCUT2D eigenvalue weighted by molar-refractivity contribution is -0.143. The summed E-state index contributed by atoms with van der Waals surface area (Å²) < 4.78 is 5.45. The molecule has 6 heteroatoms. The van der Waals surface area contributed by atoms with Gasteiger partial charge in [-0.05, 0) is 83.5 Å². The van der Waals surface area contributed by atoms with Crippen molar-refractivity contribution in [3.63, 3.8) is 0 Å². The Hall–Kier alpha value is -1.92. The van der Waals surface area contributed by atoms with Gasteiger partial charge in [0.1, 0.15) is 0 Å². The van der Waals surface area contributed by atoms with Gasteiger partial charge in [-0.3, -0.25) is 9.59 Å². The van der Waals surface area contributed by atoms with E-state index >= 15 is 0 Å². The van der Waals surface area contributed by atoms with Crippen molar-refractivity contribution in [2.24, 2.45) is 0 Å². The van der Waals surface area contributed by atoms with Crippen molar-refractivity contribution in [1.82, 2.24) is 5.32 Å². The lowest BCUT2D eigenvalue weighted by atomic mass is 10.0. The van der Waals surface area contributed by atoms with Gasteiger partial charge >= 0.3 is 5.97 Å². The zero-order chi connectivity index (χ0) is 45.1. The minimum Gasteiger partial charge on any atom is -0.466 e. The van der Waals surface area contributed by atoms with Crippen LogP contribution in [0.4, 0.5) is 0 Å². The normalized spacial score (nSPS) is 12.9. The Morgan fingerprint density at radius 3 is 1.15 bits per heavy atom. The summed E-state index contributed by atoms with van der Waals surface area (Å²) in [6.07, 6.45) is 63.0. The fourth-order valence-electron chi connectivity index (χ4n) is 8.15. The van der Waals surface area contributed by atoms with Crippen LogP contribution >= 0.6 is 0 Å². The SMILES string of the molecule is CCCCCCCC/C=C\CCCCCCCCCCCC(=O)OCCCC/C=C\CCCCCCC(=O)NC(CO)C(O)/C=C/CCCCCCCCCCCCCCCC. The molecule has 3 N–H and O–H groups in total. The van der Waals surface area contributed by atoms with Crippen molar-refractivity contribution >= 4 is 11.9 Å². The predicted molar refractivity (Wildman–Crippen MR) is 269 cm³/mol. The molecule has 0 aromatic rings. The van der Waals surface area contributed by atoms with E-state index in [-0.39, 0.29) is 18.5 Å². The molecule has 0 bridgehead atoms. The smallest absolute Gasteiger partial charge is 0.305 e. The second kappa shape index (κ2) is 51.7. The molecule has 0 saturated heterocycles. The molecule has 2 unspecified atom stereocenters. The van der Waals surface area contributed by atoms with Gasteiger partial charge in [-0.2, -0.15) is 0 Å². The van der Waals surface area contributed by atoms with Gasteiger partial charge in [0, 0.05) is 12.8 Å². The Balaban J connectivity index is 3.54. The Morgan fingerprint density at radius 1 is 0.435 bits per heavy atom. The van der Waals surface area contributed by atoms with Gasteiger partial charge in [0.05, 0.1) is 25.4 Å². The van der Waals surface area contributed by atoms with E-state index < -0.39 is 12.1 Å². The Labute approximate surface area is 385 Å². The van der Waals surface area contributed by atoms with E-state index in [9.17, 15) is 19.8 Å². The van der Waals surface area contributed by atoms with Crippen LogP contribution in [0.5, 0.6) is 0 Å². The summed E-state index contributed by atoms with van der Waals surface area (Å²) in [4.78, 5) is 24.5. The first-order chi connectivity index (χ1) is 30.5. The molecule has 0 rings (SSSR count). The Bertz CT molecular complexity index is 1010. The summed E-state index contributed by atoms with van der Waals surface area (Å²) in [5, 5.41) is 23.1. The molecule has 0 aromatic carbocycles. The minimum absolute atomic E-state index is 0.0391. The van der Waals surface area contributed by atoms with Crippen LogP contribution in [-0.2, 0) is 14.3 Å². The first-order valence-corrected chi connectivity index (χ1v) is 27.3. The highest BCUT2D eigenvalue weighted by atomic mass is 16.5. The molecular weight excluding hydrogens is 767 g/mol. The summed E-state index contributed by atoms with van der Waals surface area (Å²) >= 11 is 0. The lowest BCUT2D eigenvalue weighted by Crippen LogP contribution is -2.45. The molecule has 0 aromatic heterocycles. The molecule has 0 radical (unpaired) electrons. The highest BCUT2D eigenvalue weighted by molar-refractivity contribution is 5.76. The van der Waals surface area contributed by atoms with Crippen LogP contribution in [0.2, 0.25) is 0 Å². The molecule has 6 nitrogen and oxygen atoms in total. The number of hydrogen-bond donors (Lipinski definition) is 3. The third-order valence-corrected chi connectivity index (χ3v) is 12.4. The molecule has 0 aliphatic rings. The van der Waals surface area contributed by atoms with Crippen LogP contribution in [0.3, 0.4) is 0 Å². The second-order valence-corrected chi connectivity index (χ2v) is 18.5. The maximum absolute atomic E-state index is 12.4. The number of allylic oxidation sites excluding steroid dienone is 5. The number of rotatable bonds is 50. The van der Waals surface area contributed by atoms with Crippen molar-refractivity contribution in [1.29, 1.82) is 0 Å². The van der Waals surface area contributed by atoms with Crippen LogP contribution < -0.4 is 5.32 Å². The molecule has 0 aliphatic carbocycles. The van der Waals surface area contributed by atoms with Gasteiger partial charge in [-0.25, -0.2) is 0 Å². The summed E-state index contributed by atoms with van der Waals surface area (Å²) in [6.45, 7) is 4.81. The van der Waals surface area contributed by atoms with E-state index in [0.29, 0.717) is 19.4 Å². The molecule has 0 heterocycles. The van der Waals surface area contributed by atoms with E-state index in [1.807, 2.05) is 6.08 Å². The monoisotopic (exact) mass is 872 g/mol. The van der Waals surface area contributed by atoms with Crippen molar-refractivity contribution < 1.29 is 24.5 Å². The first kappa shape index (κ1) is 60.1. The van der Waals surface area contributed by atoms with Crippen LogP contribution in [0.15, 0.2) is 36.5 Å². The van der Waals surface area contributed by atoms with Crippen molar-refractivity contribution in [3.8, 4) is 0 Å². The molecule has 0 aliphatic heterocycles. The molecular formula is C56H105NO5. The fraction of sp³-hybridized carbons (Fsp3) is 0.857. The van der Waals surface area contributed by atoms with E-state index in [2.05, 4.69) is 43.5 Å². The van der Waals surface area contributed by atoms with E-state index in [4.69, 9.17) is 4.74 Å². The number of nitrogens with one attached hydrogen (secondary N) is 1. The van der Waals surface area contributed by atoms with E-state index in [1.165, 1.54) is 180 Å². The minimum atomic E-state index is -0.866. The van der Waals surface area contributed by atoms with Crippen molar-refractivity contribution in [2.45, 2.75) is 296 Å². The van der Waals surface area contributed by atoms with Gasteiger partial charge in [-0.1, -0.05) is 224 Å². The Kier molecular flexibility index (Phi) is 50.1. The van der Waals surface area contributed by atoms with Gasteiger partial charge in [0.15, 0.2) is 0 Å². The summed E-state index contributed by atoms with van der Waals surface area (Å²) in [6, 6.07) is -0.653.